The van der Waals surface area contributed by atoms with Crippen LogP contribution >= 0.6 is 0 Å². The van der Waals surface area contributed by atoms with Gasteiger partial charge >= 0.3 is 10.3 Å². The van der Waals surface area contributed by atoms with Gasteiger partial charge in [0.25, 0.3) is 0 Å². The Morgan fingerprint density at radius 3 is 2.67 bits per heavy atom. The van der Waals surface area contributed by atoms with E-state index >= 15 is 0 Å². The monoisotopic (exact) mass is 151 g/mol. The van der Waals surface area contributed by atoms with Crippen molar-refractivity contribution in [2.45, 2.75) is 6.92 Å². The number of hydrogen-bond acceptors (Lipinski definition) is 3. The highest BCUT2D eigenvalue weighted by Gasteiger charge is 2.02. The molecule has 0 radical (unpaired) electrons. The van der Waals surface area contributed by atoms with Crippen molar-refractivity contribution in [1.29, 1.82) is 0 Å². The minimum Gasteiger partial charge on any atom is -0.268 e. The summed E-state index contributed by atoms with van der Waals surface area (Å²) in [5.74, 6) is 0. The molecule has 1 N–H and O–H groups in total. The summed E-state index contributed by atoms with van der Waals surface area (Å²) in [6.07, 6.45) is 1.05. The Bertz CT molecular complexity index is 172. The maximum Gasteiger partial charge on any atom is 0.359 e. The van der Waals surface area contributed by atoms with E-state index in [2.05, 4.69) is 10.8 Å². The highest BCUT2D eigenvalue weighted by molar-refractivity contribution is 7.84. The van der Waals surface area contributed by atoms with Crippen LogP contribution in [0.4, 0.5) is 0 Å². The van der Waals surface area contributed by atoms with Gasteiger partial charge in [0.15, 0.2) is 0 Å². The van der Waals surface area contributed by atoms with Gasteiger partial charge in [-0.1, -0.05) is 6.58 Å². The average molecular weight is 151 g/mol. The third kappa shape index (κ3) is 3.99. The van der Waals surface area contributed by atoms with Crippen LogP contribution in [0, 0.1) is 0 Å². The Morgan fingerprint density at radius 2 is 2.33 bits per heavy atom. The van der Waals surface area contributed by atoms with Crippen LogP contribution in [0.3, 0.4) is 0 Å². The van der Waals surface area contributed by atoms with E-state index in [1.54, 1.807) is 6.92 Å². The maximum atomic E-state index is 10.4. The first kappa shape index (κ1) is 8.45. The zero-order valence-electron chi connectivity index (χ0n) is 5.12. The van der Waals surface area contributed by atoms with E-state index in [9.17, 15) is 8.42 Å². The quantitative estimate of drug-likeness (QED) is 0.615. The van der Waals surface area contributed by atoms with Crippen molar-refractivity contribution < 1.29 is 12.6 Å². The highest BCUT2D eigenvalue weighted by Crippen LogP contribution is 1.84. The molecule has 0 bridgehead atoms. The maximum absolute atomic E-state index is 10.4. The first-order valence-corrected chi connectivity index (χ1v) is 3.81. The normalized spacial score (nSPS) is 10.8. The summed E-state index contributed by atoms with van der Waals surface area (Å²) in [4.78, 5) is 0. The second-order valence-corrected chi connectivity index (χ2v) is 2.56. The molecule has 5 heteroatoms. The molecule has 0 aliphatic rings. The molecule has 0 amide bonds. The van der Waals surface area contributed by atoms with Gasteiger partial charge in [-0.15, -0.1) is 0 Å². The highest BCUT2D eigenvalue weighted by atomic mass is 32.2. The van der Waals surface area contributed by atoms with Crippen molar-refractivity contribution in [1.82, 2.24) is 4.72 Å². The summed E-state index contributed by atoms with van der Waals surface area (Å²) < 4.78 is 27.0. The number of nitrogens with one attached hydrogen (secondary N) is 1. The lowest BCUT2D eigenvalue weighted by Gasteiger charge is -1.99. The fourth-order valence-corrected chi connectivity index (χ4v) is 0.874. The molecule has 54 valence electrons. The molecule has 0 heterocycles. The Hall–Kier alpha value is -0.550. The summed E-state index contributed by atoms with van der Waals surface area (Å²) in [6, 6.07) is 0. The predicted molar refractivity (Wildman–Crippen MR) is 33.9 cm³/mol. The molecular formula is C4H9NO3S. The van der Waals surface area contributed by atoms with Crippen molar-refractivity contribution in [3.05, 3.63) is 12.8 Å². The summed E-state index contributed by atoms with van der Waals surface area (Å²) in [6.45, 7) is 4.87. The Balaban J connectivity index is 3.88. The smallest absolute Gasteiger partial charge is 0.268 e. The largest absolute Gasteiger partial charge is 0.359 e. The van der Waals surface area contributed by atoms with E-state index in [1.807, 2.05) is 4.72 Å². The molecular weight excluding hydrogens is 142 g/mol. The molecule has 0 fully saturated rings. The molecule has 0 saturated carbocycles. The number of hydrogen-bond donors (Lipinski definition) is 1. The summed E-state index contributed by atoms with van der Waals surface area (Å²) in [5.41, 5.74) is 0. The Kier molecular flexibility index (Phi) is 3.26. The van der Waals surface area contributed by atoms with Crippen LogP contribution in [0.15, 0.2) is 12.8 Å². The van der Waals surface area contributed by atoms with Crippen LogP contribution in [-0.2, 0) is 14.5 Å². The number of rotatable bonds is 4. The molecule has 0 atom stereocenters. The first-order valence-electron chi connectivity index (χ1n) is 2.40. The van der Waals surface area contributed by atoms with Gasteiger partial charge in [-0.2, -0.15) is 8.42 Å². The van der Waals surface area contributed by atoms with Crippen molar-refractivity contribution in [3.63, 3.8) is 0 Å². The van der Waals surface area contributed by atoms with Crippen LogP contribution in [-0.4, -0.2) is 15.0 Å². The molecule has 0 aromatic rings. The lowest BCUT2D eigenvalue weighted by atomic mass is 10.9. The molecule has 0 aromatic heterocycles. The zero-order valence-corrected chi connectivity index (χ0v) is 5.94. The molecule has 4 nitrogen and oxygen atoms in total. The molecule has 0 unspecified atom stereocenters. The van der Waals surface area contributed by atoms with Crippen LogP contribution in [0.25, 0.3) is 0 Å². The van der Waals surface area contributed by atoms with Crippen LogP contribution in [0.5, 0.6) is 0 Å². The molecule has 0 rings (SSSR count). The lowest BCUT2D eigenvalue weighted by Crippen LogP contribution is -2.19. The Morgan fingerprint density at radius 1 is 1.78 bits per heavy atom. The average Bonchev–Trinajstić information content (AvgIpc) is 1.64. The van der Waals surface area contributed by atoms with E-state index in [-0.39, 0.29) is 6.61 Å². The molecule has 0 saturated heterocycles. The fraction of sp³-hybridized carbons (Fsp3) is 0.500. The standard InChI is InChI=1S/C4H9NO3S/c1-3-5-9(6,7)8-4-2/h3,5H,1,4H2,2H3. The van der Waals surface area contributed by atoms with Gasteiger partial charge in [-0.05, 0) is 6.92 Å². The van der Waals surface area contributed by atoms with Crippen LogP contribution < -0.4 is 4.72 Å². The minimum atomic E-state index is -3.55. The SMILES string of the molecule is C=CNS(=O)(=O)OCC. The van der Waals surface area contributed by atoms with Gasteiger partial charge in [-0.3, -0.25) is 8.91 Å². The summed E-state index contributed by atoms with van der Waals surface area (Å²) in [7, 11) is -3.55. The second-order valence-electron chi connectivity index (χ2n) is 1.18. The Labute approximate surface area is 54.8 Å². The molecule has 0 aliphatic carbocycles. The van der Waals surface area contributed by atoms with Gasteiger partial charge in [-0.25, -0.2) is 0 Å². The van der Waals surface area contributed by atoms with Crippen molar-refractivity contribution in [2.24, 2.45) is 0 Å². The van der Waals surface area contributed by atoms with Crippen molar-refractivity contribution in [3.8, 4) is 0 Å². The van der Waals surface area contributed by atoms with Gasteiger partial charge in [0.1, 0.15) is 0 Å². The van der Waals surface area contributed by atoms with Gasteiger partial charge in [0.2, 0.25) is 0 Å². The van der Waals surface area contributed by atoms with E-state index in [0.29, 0.717) is 0 Å². The van der Waals surface area contributed by atoms with Gasteiger partial charge < -0.3 is 0 Å². The third-order valence-electron chi connectivity index (χ3n) is 0.501. The van der Waals surface area contributed by atoms with Crippen molar-refractivity contribution >= 4 is 10.3 Å². The summed E-state index contributed by atoms with van der Waals surface area (Å²) >= 11 is 0. The van der Waals surface area contributed by atoms with Gasteiger partial charge in [0, 0.05) is 6.20 Å². The fourth-order valence-electron chi connectivity index (χ4n) is 0.291. The van der Waals surface area contributed by atoms with Crippen LogP contribution in [0.2, 0.25) is 0 Å². The van der Waals surface area contributed by atoms with E-state index in [1.165, 1.54) is 0 Å². The van der Waals surface area contributed by atoms with E-state index < -0.39 is 10.3 Å². The first-order chi connectivity index (χ1) is 4.12. The minimum absolute atomic E-state index is 0.128. The molecule has 9 heavy (non-hydrogen) atoms. The predicted octanol–water partition coefficient (Wildman–Crippen LogP) is 0.000800. The van der Waals surface area contributed by atoms with Crippen LogP contribution in [0.1, 0.15) is 6.92 Å². The van der Waals surface area contributed by atoms with E-state index in [0.717, 1.165) is 6.20 Å². The zero-order chi connectivity index (χ0) is 7.33. The van der Waals surface area contributed by atoms with Gasteiger partial charge in [0.05, 0.1) is 6.61 Å². The molecule has 0 aromatic carbocycles. The molecule has 0 spiro atoms. The lowest BCUT2D eigenvalue weighted by molar-refractivity contribution is 0.334. The topological polar surface area (TPSA) is 55.4 Å². The second kappa shape index (κ2) is 3.47. The van der Waals surface area contributed by atoms with E-state index in [4.69, 9.17) is 0 Å². The summed E-state index contributed by atoms with van der Waals surface area (Å²) in [5, 5.41) is 0. The third-order valence-corrected chi connectivity index (χ3v) is 1.50. The van der Waals surface area contributed by atoms with Crippen molar-refractivity contribution in [2.75, 3.05) is 6.61 Å². The molecule has 0 aliphatic heterocycles.